The molecule has 0 aliphatic carbocycles. The first kappa shape index (κ1) is 13.0. The molecule has 3 rings (SSSR count). The average molecular weight is 288 g/mol. The average Bonchev–Trinajstić information content (AvgIpc) is 3.16. The molecule has 7 heteroatoms. The van der Waals surface area contributed by atoms with Gasteiger partial charge in [0.15, 0.2) is 6.61 Å². The molecule has 3 aromatic rings. The zero-order valence-corrected chi connectivity index (χ0v) is 10.7. The van der Waals surface area contributed by atoms with Crippen molar-refractivity contribution in [2.75, 3.05) is 0 Å². The Labute approximate surface area is 118 Å². The van der Waals surface area contributed by atoms with Gasteiger partial charge in [0.25, 0.3) is 5.89 Å². The van der Waals surface area contributed by atoms with Crippen LogP contribution in [0.3, 0.4) is 0 Å². The third-order valence-corrected chi connectivity index (χ3v) is 2.60. The number of carbonyl (C=O) groups excluding carboxylic acids is 1. The molecule has 0 spiro atoms. The lowest BCUT2D eigenvalue weighted by Gasteiger charge is -1.97. The fourth-order valence-corrected chi connectivity index (χ4v) is 1.65. The van der Waals surface area contributed by atoms with E-state index in [0.29, 0.717) is 5.56 Å². The highest BCUT2D eigenvalue weighted by molar-refractivity contribution is 5.86. The van der Waals surface area contributed by atoms with E-state index in [-0.39, 0.29) is 24.1 Å². The lowest BCUT2D eigenvalue weighted by atomic mass is 10.2. The molecule has 0 amide bonds. The lowest BCUT2D eigenvalue weighted by Crippen LogP contribution is -2.04. The van der Waals surface area contributed by atoms with E-state index in [1.807, 2.05) is 0 Å². The molecule has 0 radical (unpaired) electrons. The minimum absolute atomic E-state index is 0.0832. The maximum absolute atomic E-state index is 13.1. The summed E-state index contributed by atoms with van der Waals surface area (Å²) in [5.74, 6) is -0.624. The van der Waals surface area contributed by atoms with E-state index in [2.05, 4.69) is 10.1 Å². The number of rotatable bonds is 4. The van der Waals surface area contributed by atoms with Crippen LogP contribution in [0.2, 0.25) is 0 Å². The van der Waals surface area contributed by atoms with Crippen LogP contribution in [0, 0.1) is 5.82 Å². The van der Waals surface area contributed by atoms with Crippen LogP contribution in [0.25, 0.3) is 11.4 Å². The van der Waals surface area contributed by atoms with Gasteiger partial charge in [0, 0.05) is 5.56 Å². The standard InChI is InChI=1S/C14H9FN2O4/c15-10-4-1-3-9(7-10)13-16-12(21-17-13)8-20-14(18)11-5-2-6-19-11/h1-7H,8H2. The van der Waals surface area contributed by atoms with Gasteiger partial charge in [0.05, 0.1) is 6.26 Å². The molecule has 0 saturated carbocycles. The molecule has 0 N–H and O–H groups in total. The Morgan fingerprint density at radius 3 is 2.95 bits per heavy atom. The quantitative estimate of drug-likeness (QED) is 0.687. The molecule has 2 heterocycles. The van der Waals surface area contributed by atoms with E-state index in [9.17, 15) is 9.18 Å². The van der Waals surface area contributed by atoms with Crippen LogP contribution in [-0.2, 0) is 11.3 Å². The summed E-state index contributed by atoms with van der Waals surface area (Å²) < 4.78 is 27.9. The molecule has 0 aliphatic heterocycles. The second-order valence-electron chi connectivity index (χ2n) is 4.08. The Bertz CT molecular complexity index is 752. The number of furan rings is 1. The first-order valence-corrected chi connectivity index (χ1v) is 6.01. The van der Waals surface area contributed by atoms with Crippen molar-refractivity contribution in [3.63, 3.8) is 0 Å². The summed E-state index contributed by atoms with van der Waals surface area (Å²) in [5.41, 5.74) is 0.474. The molecular weight excluding hydrogens is 279 g/mol. The Morgan fingerprint density at radius 1 is 1.29 bits per heavy atom. The largest absolute Gasteiger partial charge is 0.457 e. The lowest BCUT2D eigenvalue weighted by molar-refractivity contribution is 0.0393. The molecule has 6 nitrogen and oxygen atoms in total. The number of carbonyl (C=O) groups is 1. The molecule has 21 heavy (non-hydrogen) atoms. The van der Waals surface area contributed by atoms with Crippen molar-refractivity contribution in [2.24, 2.45) is 0 Å². The number of benzene rings is 1. The van der Waals surface area contributed by atoms with Crippen molar-refractivity contribution in [1.29, 1.82) is 0 Å². The van der Waals surface area contributed by atoms with E-state index >= 15 is 0 Å². The first-order chi connectivity index (χ1) is 10.2. The third-order valence-electron chi connectivity index (χ3n) is 2.60. The number of esters is 1. The molecule has 0 fully saturated rings. The highest BCUT2D eigenvalue weighted by atomic mass is 19.1. The molecule has 0 bridgehead atoms. The van der Waals surface area contributed by atoms with Crippen molar-refractivity contribution < 1.29 is 22.9 Å². The number of halogens is 1. The van der Waals surface area contributed by atoms with Gasteiger partial charge in [0.1, 0.15) is 5.82 Å². The number of hydrogen-bond acceptors (Lipinski definition) is 6. The van der Waals surface area contributed by atoms with E-state index in [4.69, 9.17) is 13.7 Å². The topological polar surface area (TPSA) is 78.4 Å². The van der Waals surface area contributed by atoms with Gasteiger partial charge in [-0.2, -0.15) is 4.98 Å². The fraction of sp³-hybridized carbons (Fsp3) is 0.0714. The molecule has 0 aliphatic rings. The Morgan fingerprint density at radius 2 is 2.19 bits per heavy atom. The van der Waals surface area contributed by atoms with E-state index in [0.717, 1.165) is 0 Å². The molecule has 2 aromatic heterocycles. The monoisotopic (exact) mass is 288 g/mol. The normalized spacial score (nSPS) is 10.5. The summed E-state index contributed by atoms with van der Waals surface area (Å²) in [5, 5.41) is 3.70. The molecule has 0 atom stereocenters. The van der Waals surface area contributed by atoms with Gasteiger partial charge in [-0.25, -0.2) is 9.18 Å². The Balaban J connectivity index is 1.67. The predicted octanol–water partition coefficient (Wildman–Crippen LogP) is 2.83. The van der Waals surface area contributed by atoms with E-state index < -0.39 is 11.8 Å². The predicted molar refractivity (Wildman–Crippen MR) is 67.5 cm³/mol. The van der Waals surface area contributed by atoms with Crippen LogP contribution in [0.4, 0.5) is 4.39 Å². The third kappa shape index (κ3) is 2.97. The fourth-order valence-electron chi connectivity index (χ4n) is 1.65. The van der Waals surface area contributed by atoms with Crippen molar-refractivity contribution in [3.05, 3.63) is 60.1 Å². The van der Waals surface area contributed by atoms with Crippen LogP contribution in [-0.4, -0.2) is 16.1 Å². The number of hydrogen-bond donors (Lipinski definition) is 0. The summed E-state index contributed by atoms with van der Waals surface area (Å²) in [6.07, 6.45) is 1.37. The second kappa shape index (κ2) is 5.58. The summed E-state index contributed by atoms with van der Waals surface area (Å²) >= 11 is 0. The van der Waals surface area contributed by atoms with Gasteiger partial charge < -0.3 is 13.7 Å². The highest BCUT2D eigenvalue weighted by Gasteiger charge is 2.14. The molecule has 0 unspecified atom stereocenters. The number of aromatic nitrogens is 2. The van der Waals surface area contributed by atoms with Crippen LogP contribution >= 0.6 is 0 Å². The molecule has 1 aromatic carbocycles. The maximum Gasteiger partial charge on any atom is 0.374 e. The highest BCUT2D eigenvalue weighted by Crippen LogP contribution is 2.17. The smallest absolute Gasteiger partial charge is 0.374 e. The number of ether oxygens (including phenoxy) is 1. The maximum atomic E-state index is 13.1. The molecule has 106 valence electrons. The van der Waals surface area contributed by atoms with Crippen molar-refractivity contribution in [3.8, 4) is 11.4 Å². The van der Waals surface area contributed by atoms with Gasteiger partial charge >= 0.3 is 5.97 Å². The van der Waals surface area contributed by atoms with Gasteiger partial charge in [-0.15, -0.1) is 0 Å². The zero-order chi connectivity index (χ0) is 14.7. The summed E-state index contributed by atoms with van der Waals surface area (Å²) in [4.78, 5) is 15.6. The van der Waals surface area contributed by atoms with Crippen molar-refractivity contribution >= 4 is 5.97 Å². The van der Waals surface area contributed by atoms with Gasteiger partial charge in [-0.3, -0.25) is 0 Å². The van der Waals surface area contributed by atoms with E-state index in [1.54, 1.807) is 12.1 Å². The van der Waals surface area contributed by atoms with Crippen LogP contribution < -0.4 is 0 Å². The Hall–Kier alpha value is -2.96. The van der Waals surface area contributed by atoms with Crippen molar-refractivity contribution in [2.45, 2.75) is 6.61 Å². The first-order valence-electron chi connectivity index (χ1n) is 6.01. The van der Waals surface area contributed by atoms with Gasteiger partial charge in [-0.05, 0) is 24.3 Å². The van der Waals surface area contributed by atoms with Gasteiger partial charge in [0.2, 0.25) is 11.6 Å². The summed E-state index contributed by atoms with van der Waals surface area (Å²) in [6.45, 7) is -0.193. The van der Waals surface area contributed by atoms with Crippen molar-refractivity contribution in [1.82, 2.24) is 10.1 Å². The van der Waals surface area contributed by atoms with Crippen LogP contribution in [0.15, 0.2) is 51.6 Å². The Kier molecular flexibility index (Phi) is 3.46. The van der Waals surface area contributed by atoms with Crippen LogP contribution in [0.5, 0.6) is 0 Å². The molecular formula is C14H9FN2O4. The van der Waals surface area contributed by atoms with Gasteiger partial charge in [-0.1, -0.05) is 17.3 Å². The molecule has 0 saturated heterocycles. The SMILES string of the molecule is O=C(OCc1nc(-c2cccc(F)c2)no1)c1ccco1. The van der Waals surface area contributed by atoms with E-state index in [1.165, 1.54) is 30.5 Å². The zero-order valence-electron chi connectivity index (χ0n) is 10.7. The minimum Gasteiger partial charge on any atom is -0.457 e. The summed E-state index contributed by atoms with van der Waals surface area (Å²) in [7, 11) is 0. The van der Waals surface area contributed by atoms with Crippen LogP contribution in [0.1, 0.15) is 16.4 Å². The summed E-state index contributed by atoms with van der Waals surface area (Å²) in [6, 6.07) is 8.84. The second-order valence-corrected chi connectivity index (χ2v) is 4.08. The minimum atomic E-state index is -0.634. The number of nitrogens with zero attached hydrogens (tertiary/aromatic N) is 2.